The molecule has 0 atom stereocenters. The van der Waals surface area contributed by atoms with Gasteiger partial charge in [0.2, 0.25) is 0 Å². The molecule has 0 aliphatic carbocycles. The number of sulfonamides is 1. The number of anilines is 1. The summed E-state index contributed by atoms with van der Waals surface area (Å²) in [6.07, 6.45) is 3.80. The summed E-state index contributed by atoms with van der Waals surface area (Å²) in [6.45, 7) is 0. The van der Waals surface area contributed by atoms with Gasteiger partial charge in [-0.1, -0.05) is 0 Å². The molecule has 0 amide bonds. The van der Waals surface area contributed by atoms with Gasteiger partial charge in [-0.3, -0.25) is 9.71 Å². The summed E-state index contributed by atoms with van der Waals surface area (Å²) in [4.78, 5) is 6.69. The van der Waals surface area contributed by atoms with Crippen LogP contribution in [0, 0.1) is 11.6 Å². The minimum atomic E-state index is -4.15. The van der Waals surface area contributed by atoms with Crippen molar-refractivity contribution in [2.45, 2.75) is 4.90 Å². The van der Waals surface area contributed by atoms with E-state index in [2.05, 4.69) is 9.97 Å². The van der Waals surface area contributed by atoms with Gasteiger partial charge in [0, 0.05) is 18.5 Å². The van der Waals surface area contributed by atoms with Gasteiger partial charge in [-0.15, -0.1) is 0 Å². The second kappa shape index (κ2) is 4.65. The quantitative estimate of drug-likeness (QED) is 0.919. The van der Waals surface area contributed by atoms with Gasteiger partial charge in [0.05, 0.1) is 6.20 Å². The summed E-state index contributed by atoms with van der Waals surface area (Å²) >= 11 is 0. The van der Waals surface area contributed by atoms with Crippen LogP contribution in [0.4, 0.5) is 14.6 Å². The monoisotopic (exact) mass is 271 g/mol. The van der Waals surface area contributed by atoms with Crippen molar-refractivity contribution in [3.8, 4) is 0 Å². The number of benzene rings is 1. The standard InChI is InChI=1S/C10H7F2N3O2S/c11-7-1-2-9(8(12)5-7)18(16,17)15-10-6-13-3-4-14-10/h1-6H,(H,14,15). The van der Waals surface area contributed by atoms with Crippen molar-refractivity contribution >= 4 is 15.8 Å². The van der Waals surface area contributed by atoms with Crippen LogP contribution in [0.1, 0.15) is 0 Å². The number of halogens is 2. The van der Waals surface area contributed by atoms with Crippen LogP contribution in [0.25, 0.3) is 0 Å². The van der Waals surface area contributed by atoms with E-state index < -0.39 is 26.6 Å². The molecule has 0 saturated heterocycles. The van der Waals surface area contributed by atoms with Crippen LogP contribution >= 0.6 is 0 Å². The van der Waals surface area contributed by atoms with Crippen LogP contribution < -0.4 is 4.72 Å². The first-order valence-corrected chi connectivity index (χ1v) is 6.21. The highest BCUT2D eigenvalue weighted by molar-refractivity contribution is 7.92. The summed E-state index contributed by atoms with van der Waals surface area (Å²) in [5.41, 5.74) is 0. The molecular weight excluding hydrogens is 264 g/mol. The Morgan fingerprint density at radius 1 is 1.17 bits per heavy atom. The van der Waals surface area contributed by atoms with E-state index in [-0.39, 0.29) is 5.82 Å². The fourth-order valence-electron chi connectivity index (χ4n) is 1.24. The van der Waals surface area contributed by atoms with Gasteiger partial charge in [-0.05, 0) is 12.1 Å². The lowest BCUT2D eigenvalue weighted by molar-refractivity contribution is 0.551. The molecular formula is C10H7F2N3O2S. The summed E-state index contributed by atoms with van der Waals surface area (Å²) in [6, 6.07) is 2.18. The van der Waals surface area contributed by atoms with Crippen molar-refractivity contribution in [2.75, 3.05) is 4.72 Å². The molecule has 0 radical (unpaired) electrons. The van der Waals surface area contributed by atoms with E-state index in [0.29, 0.717) is 6.07 Å². The van der Waals surface area contributed by atoms with Crippen LogP contribution in [0.15, 0.2) is 41.7 Å². The molecule has 1 heterocycles. The molecule has 2 rings (SSSR count). The lowest BCUT2D eigenvalue weighted by atomic mass is 10.3. The Hall–Kier alpha value is -2.09. The molecule has 1 N–H and O–H groups in total. The van der Waals surface area contributed by atoms with Crippen LogP contribution in [0.2, 0.25) is 0 Å². The van der Waals surface area contributed by atoms with Crippen molar-refractivity contribution in [3.63, 3.8) is 0 Å². The third-order valence-electron chi connectivity index (χ3n) is 1.99. The Morgan fingerprint density at radius 2 is 1.94 bits per heavy atom. The average Bonchev–Trinajstić information content (AvgIpc) is 2.29. The van der Waals surface area contributed by atoms with Gasteiger partial charge in [0.1, 0.15) is 16.5 Å². The number of nitrogens with zero attached hydrogens (tertiary/aromatic N) is 2. The highest BCUT2D eigenvalue weighted by Crippen LogP contribution is 2.17. The Morgan fingerprint density at radius 3 is 2.56 bits per heavy atom. The lowest BCUT2D eigenvalue weighted by Crippen LogP contribution is -2.15. The fourth-order valence-corrected chi connectivity index (χ4v) is 2.29. The number of nitrogens with one attached hydrogen (secondary N) is 1. The lowest BCUT2D eigenvalue weighted by Gasteiger charge is -2.07. The van der Waals surface area contributed by atoms with Crippen molar-refractivity contribution in [2.24, 2.45) is 0 Å². The molecule has 0 aliphatic rings. The van der Waals surface area contributed by atoms with Crippen molar-refractivity contribution in [3.05, 3.63) is 48.4 Å². The third-order valence-corrected chi connectivity index (χ3v) is 3.37. The summed E-state index contributed by atoms with van der Waals surface area (Å²) in [5, 5.41) is 0. The first kappa shape index (κ1) is 12.4. The molecule has 0 unspecified atom stereocenters. The molecule has 1 aromatic heterocycles. The number of rotatable bonds is 3. The number of hydrogen-bond donors (Lipinski definition) is 1. The normalized spacial score (nSPS) is 11.2. The van der Waals surface area contributed by atoms with Crippen LogP contribution in [0.5, 0.6) is 0 Å². The molecule has 0 fully saturated rings. The van der Waals surface area contributed by atoms with Crippen molar-refractivity contribution in [1.29, 1.82) is 0 Å². The zero-order valence-corrected chi connectivity index (χ0v) is 9.66. The molecule has 94 valence electrons. The topological polar surface area (TPSA) is 72.0 Å². The smallest absolute Gasteiger partial charge is 0.262 e. The molecule has 2 aromatic rings. The van der Waals surface area contributed by atoms with Gasteiger partial charge in [-0.2, -0.15) is 0 Å². The first-order chi connectivity index (χ1) is 8.49. The Bertz CT molecular complexity index is 662. The van der Waals surface area contributed by atoms with Crippen LogP contribution in [0.3, 0.4) is 0 Å². The highest BCUT2D eigenvalue weighted by atomic mass is 32.2. The largest absolute Gasteiger partial charge is 0.266 e. The van der Waals surface area contributed by atoms with Crippen LogP contribution in [-0.4, -0.2) is 18.4 Å². The van der Waals surface area contributed by atoms with E-state index in [0.717, 1.165) is 12.1 Å². The summed E-state index contributed by atoms with van der Waals surface area (Å²) in [7, 11) is -4.15. The zero-order valence-electron chi connectivity index (χ0n) is 8.84. The van der Waals surface area contributed by atoms with Crippen LogP contribution in [-0.2, 0) is 10.0 Å². The second-order valence-electron chi connectivity index (χ2n) is 3.27. The predicted octanol–water partition coefficient (Wildman–Crippen LogP) is 1.56. The van der Waals surface area contributed by atoms with E-state index in [4.69, 9.17) is 0 Å². The van der Waals surface area contributed by atoms with E-state index in [1.165, 1.54) is 18.6 Å². The average molecular weight is 271 g/mol. The molecule has 18 heavy (non-hydrogen) atoms. The maximum absolute atomic E-state index is 13.4. The zero-order chi connectivity index (χ0) is 13.2. The summed E-state index contributed by atoms with van der Waals surface area (Å²) in [5.74, 6) is -2.08. The maximum Gasteiger partial charge on any atom is 0.266 e. The van der Waals surface area contributed by atoms with Gasteiger partial charge >= 0.3 is 0 Å². The Kier molecular flexibility index (Phi) is 3.19. The van der Waals surface area contributed by atoms with Gasteiger partial charge in [0.25, 0.3) is 10.0 Å². The Balaban J connectivity index is 2.37. The Labute approximate surface area is 102 Å². The molecule has 1 aromatic carbocycles. The molecule has 0 aliphatic heterocycles. The van der Waals surface area contributed by atoms with Gasteiger partial charge in [-0.25, -0.2) is 22.2 Å². The van der Waals surface area contributed by atoms with E-state index in [1.807, 2.05) is 4.72 Å². The highest BCUT2D eigenvalue weighted by Gasteiger charge is 2.20. The first-order valence-electron chi connectivity index (χ1n) is 4.73. The summed E-state index contributed by atoms with van der Waals surface area (Å²) < 4.78 is 51.7. The molecule has 0 bridgehead atoms. The number of hydrogen-bond acceptors (Lipinski definition) is 4. The van der Waals surface area contributed by atoms with E-state index in [9.17, 15) is 17.2 Å². The molecule has 5 nitrogen and oxygen atoms in total. The van der Waals surface area contributed by atoms with Crippen molar-refractivity contribution < 1.29 is 17.2 Å². The van der Waals surface area contributed by atoms with E-state index >= 15 is 0 Å². The number of aromatic nitrogens is 2. The second-order valence-corrected chi connectivity index (χ2v) is 4.92. The third kappa shape index (κ3) is 2.59. The maximum atomic E-state index is 13.4. The predicted molar refractivity (Wildman–Crippen MR) is 59.2 cm³/mol. The van der Waals surface area contributed by atoms with Gasteiger partial charge in [0.15, 0.2) is 5.82 Å². The fraction of sp³-hybridized carbons (Fsp3) is 0. The molecule has 8 heteroatoms. The molecule has 0 spiro atoms. The molecule has 0 saturated carbocycles. The van der Waals surface area contributed by atoms with E-state index in [1.54, 1.807) is 0 Å². The SMILES string of the molecule is O=S(=O)(Nc1cnccn1)c1ccc(F)cc1F. The van der Waals surface area contributed by atoms with Gasteiger partial charge < -0.3 is 0 Å². The minimum Gasteiger partial charge on any atom is -0.262 e. The minimum absolute atomic E-state index is 0.0544. The van der Waals surface area contributed by atoms with Crippen molar-refractivity contribution in [1.82, 2.24) is 9.97 Å².